The maximum atomic E-state index is 10.7. The van der Waals surface area contributed by atoms with Crippen LogP contribution >= 0.6 is 11.3 Å². The summed E-state index contributed by atoms with van der Waals surface area (Å²) in [5.41, 5.74) is 4.83. The van der Waals surface area contributed by atoms with E-state index >= 15 is 0 Å². The summed E-state index contributed by atoms with van der Waals surface area (Å²) in [6.45, 7) is 9.93. The lowest BCUT2D eigenvalue weighted by molar-refractivity contribution is 0.402. The highest BCUT2D eigenvalue weighted by Crippen LogP contribution is 2.36. The van der Waals surface area contributed by atoms with Crippen molar-refractivity contribution in [1.82, 2.24) is 30.5 Å². The van der Waals surface area contributed by atoms with Crippen LogP contribution < -0.4 is 10.2 Å². The lowest BCUT2D eigenvalue weighted by Crippen LogP contribution is -2.54. The maximum absolute atomic E-state index is 10.7. The first-order valence-corrected chi connectivity index (χ1v) is 11.5. The van der Waals surface area contributed by atoms with E-state index in [2.05, 4.69) is 44.2 Å². The first-order chi connectivity index (χ1) is 15.4. The Morgan fingerprint density at radius 1 is 1.06 bits per heavy atom. The van der Waals surface area contributed by atoms with Crippen LogP contribution in [0.3, 0.4) is 0 Å². The molecule has 164 valence electrons. The highest BCUT2D eigenvalue weighted by Gasteiger charge is 2.23. The van der Waals surface area contributed by atoms with Crippen molar-refractivity contribution in [3.8, 4) is 27.6 Å². The third kappa shape index (κ3) is 3.89. The highest BCUT2D eigenvalue weighted by atomic mass is 32.1. The molecule has 1 aromatic carbocycles. The van der Waals surface area contributed by atoms with Crippen molar-refractivity contribution in [3.63, 3.8) is 0 Å². The van der Waals surface area contributed by atoms with Crippen molar-refractivity contribution in [3.05, 3.63) is 41.9 Å². The average molecular weight is 448 g/mol. The summed E-state index contributed by atoms with van der Waals surface area (Å²) in [4.78, 5) is 15.9. The van der Waals surface area contributed by atoms with E-state index in [0.717, 1.165) is 45.3 Å². The molecular weight excluding hydrogens is 422 g/mol. The van der Waals surface area contributed by atoms with Gasteiger partial charge in [-0.25, -0.2) is 9.97 Å². The van der Waals surface area contributed by atoms with Crippen molar-refractivity contribution in [2.45, 2.75) is 39.8 Å². The molecule has 2 N–H and O–H groups in total. The van der Waals surface area contributed by atoms with Gasteiger partial charge in [0.05, 0.1) is 22.1 Å². The molecule has 9 heteroatoms. The van der Waals surface area contributed by atoms with Crippen LogP contribution in [0.5, 0.6) is 5.75 Å². The molecule has 0 bridgehead atoms. The van der Waals surface area contributed by atoms with Gasteiger partial charge in [-0.05, 0) is 45.9 Å². The van der Waals surface area contributed by atoms with Crippen molar-refractivity contribution in [2.24, 2.45) is 0 Å². The minimum absolute atomic E-state index is 0.126. The summed E-state index contributed by atoms with van der Waals surface area (Å²) in [6, 6.07) is 8.22. The van der Waals surface area contributed by atoms with Crippen molar-refractivity contribution in [2.75, 3.05) is 18.0 Å². The van der Waals surface area contributed by atoms with Crippen molar-refractivity contribution >= 4 is 27.5 Å². The second kappa shape index (κ2) is 8.07. The van der Waals surface area contributed by atoms with Crippen molar-refractivity contribution in [1.29, 1.82) is 0 Å². The molecule has 0 amide bonds. The van der Waals surface area contributed by atoms with E-state index in [1.807, 2.05) is 32.0 Å². The standard InChI is InChI=1S/C23H25N7OS/c1-12-7-18-21(15(4)26-12)32-22(27-18)16-5-6-17(20(31)8-16)19-9-24-23(29-28-19)30-10-13(2)25-14(3)11-30/h5-9,13-14,25,31H,10-11H2,1-4H3/t13-,14+. The normalized spacial score (nSPS) is 18.9. The van der Waals surface area contributed by atoms with Gasteiger partial charge in [0.25, 0.3) is 0 Å². The summed E-state index contributed by atoms with van der Waals surface area (Å²) in [5, 5.41) is 23.7. The number of pyridine rings is 1. The van der Waals surface area contributed by atoms with Crippen LogP contribution in [-0.2, 0) is 0 Å². The van der Waals surface area contributed by atoms with Crippen LogP contribution in [0.25, 0.3) is 32.0 Å². The molecule has 1 aliphatic heterocycles. The fourth-order valence-corrected chi connectivity index (χ4v) is 5.25. The molecule has 1 saturated heterocycles. The fourth-order valence-electron chi connectivity index (χ4n) is 4.27. The Balaban J connectivity index is 1.42. The smallest absolute Gasteiger partial charge is 0.245 e. The Hall–Kier alpha value is -3.17. The Labute approximate surface area is 190 Å². The molecule has 0 aliphatic carbocycles. The van der Waals surface area contributed by atoms with Crippen LogP contribution in [-0.4, -0.2) is 55.4 Å². The topological polar surface area (TPSA) is 100.0 Å². The Morgan fingerprint density at radius 2 is 1.84 bits per heavy atom. The minimum Gasteiger partial charge on any atom is -0.507 e. The number of rotatable bonds is 3. The number of anilines is 1. The number of hydrogen-bond acceptors (Lipinski definition) is 9. The van der Waals surface area contributed by atoms with Crippen LogP contribution in [0.4, 0.5) is 5.95 Å². The molecule has 0 saturated carbocycles. The van der Waals surface area contributed by atoms with E-state index in [9.17, 15) is 5.11 Å². The van der Waals surface area contributed by atoms with E-state index in [4.69, 9.17) is 4.98 Å². The van der Waals surface area contributed by atoms with Gasteiger partial charge in [-0.1, -0.05) is 6.07 Å². The molecule has 1 aliphatic rings. The van der Waals surface area contributed by atoms with Gasteiger partial charge in [-0.3, -0.25) is 4.98 Å². The van der Waals surface area contributed by atoms with Gasteiger partial charge < -0.3 is 15.3 Å². The lowest BCUT2D eigenvalue weighted by Gasteiger charge is -2.35. The number of thiazole rings is 1. The Bertz CT molecular complexity index is 1280. The van der Waals surface area contributed by atoms with Gasteiger partial charge in [-0.15, -0.1) is 21.5 Å². The number of fused-ring (bicyclic) bond motifs is 1. The lowest BCUT2D eigenvalue weighted by atomic mass is 10.1. The van der Waals surface area contributed by atoms with E-state index in [-0.39, 0.29) is 5.75 Å². The van der Waals surface area contributed by atoms with Crippen LogP contribution in [0.2, 0.25) is 0 Å². The molecule has 0 radical (unpaired) electrons. The molecule has 1 fully saturated rings. The second-order valence-electron chi connectivity index (χ2n) is 8.47. The third-order valence-electron chi connectivity index (χ3n) is 5.58. The quantitative estimate of drug-likeness (QED) is 0.490. The molecule has 0 spiro atoms. The number of aromatic nitrogens is 5. The molecule has 32 heavy (non-hydrogen) atoms. The third-order valence-corrected chi connectivity index (χ3v) is 6.81. The zero-order chi connectivity index (χ0) is 22.4. The van der Waals surface area contributed by atoms with E-state index < -0.39 is 0 Å². The molecule has 5 rings (SSSR count). The molecule has 2 atom stereocenters. The molecule has 4 heterocycles. The summed E-state index contributed by atoms with van der Waals surface area (Å²) >= 11 is 1.58. The van der Waals surface area contributed by atoms with Gasteiger partial charge in [0, 0.05) is 42.0 Å². The summed E-state index contributed by atoms with van der Waals surface area (Å²) < 4.78 is 1.07. The highest BCUT2D eigenvalue weighted by molar-refractivity contribution is 7.21. The second-order valence-corrected chi connectivity index (χ2v) is 9.46. The Kier molecular flexibility index (Phi) is 5.22. The molecule has 0 unspecified atom stereocenters. The number of aryl methyl sites for hydroxylation is 2. The predicted octanol–water partition coefficient (Wildman–Crippen LogP) is 3.72. The fraction of sp³-hybridized carbons (Fsp3) is 0.348. The number of aromatic hydroxyl groups is 1. The summed E-state index contributed by atoms with van der Waals surface area (Å²) in [5.74, 6) is 0.736. The largest absolute Gasteiger partial charge is 0.507 e. The number of phenols is 1. The number of nitrogens with zero attached hydrogens (tertiary/aromatic N) is 6. The zero-order valence-electron chi connectivity index (χ0n) is 18.5. The number of benzene rings is 1. The number of nitrogens with one attached hydrogen (secondary N) is 1. The zero-order valence-corrected chi connectivity index (χ0v) is 19.3. The molecular formula is C23H25N7OS. The van der Waals surface area contributed by atoms with Gasteiger partial charge >= 0.3 is 0 Å². The first kappa shape index (κ1) is 20.7. The summed E-state index contributed by atoms with van der Waals surface area (Å²) in [7, 11) is 0. The van der Waals surface area contributed by atoms with Crippen LogP contribution in [0.1, 0.15) is 25.2 Å². The number of hydrogen-bond donors (Lipinski definition) is 2. The first-order valence-electron chi connectivity index (χ1n) is 10.7. The van der Waals surface area contributed by atoms with E-state index in [0.29, 0.717) is 29.3 Å². The average Bonchev–Trinajstić information content (AvgIpc) is 3.18. The summed E-state index contributed by atoms with van der Waals surface area (Å²) in [6.07, 6.45) is 1.67. The van der Waals surface area contributed by atoms with Crippen LogP contribution in [0.15, 0.2) is 30.5 Å². The molecule has 4 aromatic rings. The Morgan fingerprint density at radius 3 is 2.53 bits per heavy atom. The van der Waals surface area contributed by atoms with Gasteiger partial charge in [0.15, 0.2) is 0 Å². The van der Waals surface area contributed by atoms with Gasteiger partial charge in [-0.2, -0.15) is 0 Å². The van der Waals surface area contributed by atoms with E-state index in [1.165, 1.54) is 0 Å². The monoisotopic (exact) mass is 447 g/mol. The number of phenolic OH excluding ortho intramolecular Hbond substituents is 1. The SMILES string of the molecule is Cc1cc2nc(-c3ccc(-c4cnc(N5C[C@@H](C)N[C@@H](C)C5)nn4)c(O)c3)sc2c(C)n1. The van der Waals surface area contributed by atoms with Crippen LogP contribution in [0, 0.1) is 13.8 Å². The van der Waals surface area contributed by atoms with E-state index in [1.54, 1.807) is 23.6 Å². The molecule has 3 aromatic heterocycles. The van der Waals surface area contributed by atoms with Gasteiger partial charge in [0.1, 0.15) is 16.5 Å². The van der Waals surface area contributed by atoms with Crippen molar-refractivity contribution < 1.29 is 5.11 Å². The minimum atomic E-state index is 0.126. The molecule has 8 nitrogen and oxygen atoms in total. The number of piperazine rings is 1. The van der Waals surface area contributed by atoms with Gasteiger partial charge in [0.2, 0.25) is 5.95 Å². The maximum Gasteiger partial charge on any atom is 0.245 e. The predicted molar refractivity (Wildman–Crippen MR) is 127 cm³/mol.